The number of H-pyrrole nitrogens is 1. The molecule has 8 aromatic rings. The van der Waals surface area contributed by atoms with Crippen LogP contribution in [0.25, 0.3) is 49.9 Å². The number of sulfonamides is 1. The molecule has 3 aromatic carbocycles. The Morgan fingerprint density at radius 2 is 1.79 bits per heavy atom. The summed E-state index contributed by atoms with van der Waals surface area (Å²) in [7, 11) is -3.95. The van der Waals surface area contributed by atoms with Gasteiger partial charge in [0.05, 0.1) is 52.0 Å². The first kappa shape index (κ1) is 37.2. The number of nitrogens with two attached hydrogens (primary N) is 2. The van der Waals surface area contributed by atoms with E-state index in [1.54, 1.807) is 29.5 Å². The lowest BCUT2D eigenvalue weighted by molar-refractivity contribution is 0.0996. The number of pyridine rings is 1. The number of nitrogens with zero attached hydrogens (tertiary/aromatic N) is 8. The van der Waals surface area contributed by atoms with Gasteiger partial charge in [0.15, 0.2) is 17.0 Å². The summed E-state index contributed by atoms with van der Waals surface area (Å²) in [5.41, 5.74) is 11.8. The molecule has 1 unspecified atom stereocenters. The molecule has 17 nitrogen and oxygen atoms in total. The van der Waals surface area contributed by atoms with Crippen molar-refractivity contribution >= 4 is 60.7 Å². The van der Waals surface area contributed by atoms with E-state index >= 15 is 0 Å². The molecule has 5 heterocycles. The number of primary amides is 1. The first-order chi connectivity index (χ1) is 27.4. The average Bonchev–Trinajstić information content (AvgIpc) is 3.96. The second kappa shape index (κ2) is 14.7. The third-order valence-electron chi connectivity index (χ3n) is 9.87. The summed E-state index contributed by atoms with van der Waals surface area (Å²) in [5, 5.41) is 36.7. The van der Waals surface area contributed by atoms with Gasteiger partial charge < -0.3 is 26.0 Å². The average molecular weight is 786 g/mol. The minimum absolute atomic E-state index is 0.0191. The van der Waals surface area contributed by atoms with E-state index in [9.17, 15) is 18.3 Å². The zero-order chi connectivity index (χ0) is 40.0. The van der Waals surface area contributed by atoms with Crippen LogP contribution in [0.4, 0.5) is 11.8 Å². The number of imidazole rings is 1. The first-order valence-corrected chi connectivity index (χ1v) is 19.7. The topological polar surface area (TPSA) is 251 Å². The molecule has 18 heteroatoms. The lowest BCUT2D eigenvalue weighted by atomic mass is 9.94. The smallest absolute Gasteiger partial charge is 0.267 e. The van der Waals surface area contributed by atoms with Gasteiger partial charge >= 0.3 is 0 Å². The summed E-state index contributed by atoms with van der Waals surface area (Å²) in [6, 6.07) is 20.8. The summed E-state index contributed by atoms with van der Waals surface area (Å²) in [4.78, 5) is 31.7. The molecule has 0 aliphatic rings. The number of aliphatic hydroxyl groups excluding tert-OH is 1. The molecule has 5 aromatic heterocycles. The number of nitrogens with one attached hydrogen (secondary N) is 3. The summed E-state index contributed by atoms with van der Waals surface area (Å²) < 4.78 is 27.4. The summed E-state index contributed by atoms with van der Waals surface area (Å²) in [5.74, 6) is -0.0190. The van der Waals surface area contributed by atoms with Gasteiger partial charge in [-0.05, 0) is 73.9 Å². The molecule has 57 heavy (non-hydrogen) atoms. The van der Waals surface area contributed by atoms with E-state index in [-0.39, 0.29) is 22.6 Å². The number of aromatic amines is 1. The number of aliphatic hydroxyl groups is 1. The van der Waals surface area contributed by atoms with E-state index in [2.05, 4.69) is 35.9 Å². The fourth-order valence-corrected chi connectivity index (χ4v) is 7.45. The minimum Gasteiger partial charge on any atom is -0.386 e. The standard InChI is InChI=1S/C39H39N13O4S/c1-4-28(35(53)26-17-30-27(19-45-49-30)34-31(26)32(36(40)54)50-52(34)24-12-14-25(15-13-24)57(41,55)56)46-39-47-37(33-38(48-39)51(20-44-33)21(2)3)43-18-22-8-10-23(11-9-22)29-7-5-6-16-42-29/h5-17,19-21,28,35,50,53H,4,18H2,1-3H3,(H2,40,54)(H2,41,55,56)(H2,43,46,47,48)/t28-,35?/m1/s1. The van der Waals surface area contributed by atoms with Crippen molar-refractivity contribution in [2.75, 3.05) is 10.6 Å². The second-order valence-electron chi connectivity index (χ2n) is 13.9. The number of rotatable bonds is 13. The molecular formula is C39H39N13O4S. The molecule has 0 aliphatic heterocycles. The van der Waals surface area contributed by atoms with E-state index in [1.165, 1.54) is 24.3 Å². The van der Waals surface area contributed by atoms with Crippen LogP contribution in [0.1, 0.15) is 61.0 Å². The van der Waals surface area contributed by atoms with Crippen molar-refractivity contribution in [1.29, 1.82) is 0 Å². The number of benzene rings is 3. The van der Waals surface area contributed by atoms with Gasteiger partial charge in [0.1, 0.15) is 5.69 Å². The zero-order valence-electron chi connectivity index (χ0n) is 31.1. The zero-order valence-corrected chi connectivity index (χ0v) is 31.9. The molecule has 8 rings (SSSR count). The first-order valence-electron chi connectivity index (χ1n) is 18.2. The fourth-order valence-electron chi connectivity index (χ4n) is 6.94. The Kier molecular flexibility index (Phi) is 9.60. The second-order valence-corrected chi connectivity index (χ2v) is 15.4. The van der Waals surface area contributed by atoms with Crippen LogP contribution < -0.4 is 21.5 Å². The van der Waals surface area contributed by atoms with E-state index in [0.717, 1.165) is 16.8 Å². The van der Waals surface area contributed by atoms with Gasteiger partial charge in [-0.15, -0.1) is 0 Å². The Labute approximate surface area is 326 Å². The molecule has 0 fully saturated rings. The quantitative estimate of drug-likeness (QED) is 0.0907. The van der Waals surface area contributed by atoms with Crippen LogP contribution in [0.5, 0.6) is 0 Å². The van der Waals surface area contributed by atoms with Crippen LogP contribution in [0.2, 0.25) is 0 Å². The third-order valence-corrected chi connectivity index (χ3v) is 10.8. The van der Waals surface area contributed by atoms with Crippen LogP contribution in [0, 0.1) is 0 Å². The SMILES string of the molecule is CC[C@@H](Nc1nc(NCc2ccc(-c3ccccn3)cc2)c2ncn(C(C)C)c2n1)C(O)c1cc2nncc2c2c1c(C(N)=O)[nH]n2-c1ccc(S(N)(=O)=O)cc1. The normalized spacial score (nSPS) is 13.1. The molecule has 1 amide bonds. The largest absolute Gasteiger partial charge is 0.386 e. The number of hydrogen-bond acceptors (Lipinski definition) is 12. The lowest BCUT2D eigenvalue weighted by Crippen LogP contribution is -2.28. The Balaban J connectivity index is 1.16. The number of primary sulfonamides is 1. The monoisotopic (exact) mass is 785 g/mol. The lowest BCUT2D eigenvalue weighted by Gasteiger charge is -2.24. The molecule has 2 atom stereocenters. The van der Waals surface area contributed by atoms with Crippen molar-refractivity contribution in [1.82, 2.24) is 44.5 Å². The van der Waals surface area contributed by atoms with Crippen molar-refractivity contribution in [3.63, 3.8) is 0 Å². The van der Waals surface area contributed by atoms with E-state index < -0.39 is 28.1 Å². The van der Waals surface area contributed by atoms with Gasteiger partial charge in [0, 0.05) is 35.1 Å². The van der Waals surface area contributed by atoms with Crippen LogP contribution in [-0.4, -0.2) is 70.0 Å². The maximum absolute atomic E-state index is 13.0. The highest BCUT2D eigenvalue weighted by Crippen LogP contribution is 2.37. The molecular weight excluding hydrogens is 747 g/mol. The number of carbonyl (C=O) groups excluding carboxylic acids is 1. The van der Waals surface area contributed by atoms with E-state index in [0.29, 0.717) is 63.0 Å². The summed E-state index contributed by atoms with van der Waals surface area (Å²) in [6.45, 7) is 6.43. The fraction of sp³-hybridized carbons (Fsp3) is 0.205. The van der Waals surface area contributed by atoms with Crippen LogP contribution in [0.3, 0.4) is 0 Å². The molecule has 0 radical (unpaired) electrons. The highest BCUT2D eigenvalue weighted by atomic mass is 32.2. The Morgan fingerprint density at radius 3 is 2.46 bits per heavy atom. The van der Waals surface area contributed by atoms with Crippen molar-refractivity contribution in [2.24, 2.45) is 10.9 Å². The van der Waals surface area contributed by atoms with Gasteiger partial charge in [0.2, 0.25) is 16.0 Å². The third kappa shape index (κ3) is 7.01. The van der Waals surface area contributed by atoms with Crippen molar-refractivity contribution in [2.45, 2.75) is 56.8 Å². The van der Waals surface area contributed by atoms with Gasteiger partial charge in [-0.2, -0.15) is 20.2 Å². The minimum atomic E-state index is -3.95. The van der Waals surface area contributed by atoms with Crippen molar-refractivity contribution in [3.05, 3.63) is 108 Å². The van der Waals surface area contributed by atoms with E-state index in [4.69, 9.17) is 20.8 Å². The predicted octanol–water partition coefficient (Wildman–Crippen LogP) is 4.97. The van der Waals surface area contributed by atoms with Crippen molar-refractivity contribution in [3.8, 4) is 16.9 Å². The predicted molar refractivity (Wildman–Crippen MR) is 216 cm³/mol. The molecule has 0 saturated heterocycles. The highest BCUT2D eigenvalue weighted by Gasteiger charge is 2.29. The number of carbonyl (C=O) groups is 1. The number of anilines is 2. The van der Waals surface area contributed by atoms with Gasteiger partial charge in [0.25, 0.3) is 5.91 Å². The summed E-state index contributed by atoms with van der Waals surface area (Å²) in [6.07, 6.45) is 4.21. The molecule has 0 aliphatic carbocycles. The maximum atomic E-state index is 13.0. The Morgan fingerprint density at radius 1 is 1.02 bits per heavy atom. The molecule has 0 spiro atoms. The Bertz CT molecular complexity index is 2870. The van der Waals surface area contributed by atoms with Gasteiger partial charge in [-0.25, -0.2) is 18.5 Å². The maximum Gasteiger partial charge on any atom is 0.267 e. The highest BCUT2D eigenvalue weighted by molar-refractivity contribution is 7.89. The molecule has 0 bridgehead atoms. The van der Waals surface area contributed by atoms with Gasteiger partial charge in [-0.3, -0.25) is 19.6 Å². The number of hydrogen-bond donors (Lipinski definition) is 6. The van der Waals surface area contributed by atoms with Crippen LogP contribution >= 0.6 is 0 Å². The summed E-state index contributed by atoms with van der Waals surface area (Å²) >= 11 is 0. The van der Waals surface area contributed by atoms with Crippen LogP contribution in [-0.2, 0) is 16.6 Å². The van der Waals surface area contributed by atoms with Crippen molar-refractivity contribution < 1.29 is 18.3 Å². The van der Waals surface area contributed by atoms with Gasteiger partial charge in [-0.1, -0.05) is 37.3 Å². The molecule has 0 saturated carbocycles. The van der Waals surface area contributed by atoms with E-state index in [1.807, 2.05) is 67.8 Å². The Hall–Kier alpha value is -6.76. The number of aromatic nitrogens is 9. The number of fused-ring (bicyclic) bond motifs is 4. The van der Waals surface area contributed by atoms with Crippen LogP contribution in [0.15, 0.2) is 96.4 Å². The molecule has 290 valence electrons. The number of amides is 1. The molecule has 8 N–H and O–H groups in total.